The van der Waals surface area contributed by atoms with Crippen molar-refractivity contribution in [1.29, 1.82) is 0 Å². The zero-order chi connectivity index (χ0) is 13.8. The molecule has 0 aliphatic carbocycles. The van der Waals surface area contributed by atoms with Crippen molar-refractivity contribution in [2.45, 2.75) is 19.9 Å². The summed E-state index contributed by atoms with van der Waals surface area (Å²) in [5.41, 5.74) is 1.99. The fourth-order valence-electron chi connectivity index (χ4n) is 1.71. The number of aliphatic carboxylic acids is 1. The Labute approximate surface area is 113 Å². The Morgan fingerprint density at radius 3 is 3.05 bits per heavy atom. The van der Waals surface area contributed by atoms with Gasteiger partial charge in [-0.05, 0) is 6.54 Å². The predicted molar refractivity (Wildman–Crippen MR) is 70.3 cm³/mol. The van der Waals surface area contributed by atoms with Crippen LogP contribution in [0.25, 0.3) is 4.96 Å². The van der Waals surface area contributed by atoms with E-state index in [4.69, 9.17) is 5.11 Å². The maximum Gasteiger partial charge on any atom is 0.304 e. The van der Waals surface area contributed by atoms with Crippen LogP contribution in [-0.4, -0.2) is 43.7 Å². The maximum atomic E-state index is 11.8. The highest BCUT2D eigenvalue weighted by Gasteiger charge is 2.10. The summed E-state index contributed by atoms with van der Waals surface area (Å²) in [4.78, 5) is 29.1. The standard InChI is InChI=1S/C11H14N4O3S/c1-2-14(4-3-10(17)18)6-8-5-9(16)15-11(13-8)19-7-12-15/h5,7H,2-4,6H2,1H3,(H,17,18). The summed E-state index contributed by atoms with van der Waals surface area (Å²) in [7, 11) is 0. The van der Waals surface area contributed by atoms with E-state index < -0.39 is 5.97 Å². The Balaban J connectivity index is 2.14. The van der Waals surface area contributed by atoms with Crippen LogP contribution in [0, 0.1) is 0 Å². The average Bonchev–Trinajstić information content (AvgIpc) is 2.83. The van der Waals surface area contributed by atoms with Gasteiger partial charge in [-0.15, -0.1) is 0 Å². The molecule has 2 aromatic heterocycles. The van der Waals surface area contributed by atoms with Gasteiger partial charge in [-0.25, -0.2) is 4.98 Å². The van der Waals surface area contributed by atoms with Crippen molar-refractivity contribution in [2.75, 3.05) is 13.1 Å². The molecule has 0 aromatic carbocycles. The molecule has 19 heavy (non-hydrogen) atoms. The fraction of sp³-hybridized carbons (Fsp3) is 0.455. The lowest BCUT2D eigenvalue weighted by Crippen LogP contribution is -2.27. The molecule has 2 heterocycles. The van der Waals surface area contributed by atoms with Gasteiger partial charge in [0.25, 0.3) is 5.56 Å². The van der Waals surface area contributed by atoms with Crippen molar-refractivity contribution in [2.24, 2.45) is 0 Å². The van der Waals surface area contributed by atoms with Gasteiger partial charge in [-0.3, -0.25) is 14.5 Å². The molecule has 102 valence electrons. The van der Waals surface area contributed by atoms with Gasteiger partial charge in [0, 0.05) is 19.2 Å². The van der Waals surface area contributed by atoms with Crippen molar-refractivity contribution in [3.8, 4) is 0 Å². The third kappa shape index (κ3) is 3.36. The molecule has 7 nitrogen and oxygen atoms in total. The molecule has 0 fully saturated rings. The van der Waals surface area contributed by atoms with Gasteiger partial charge in [-0.1, -0.05) is 18.3 Å². The zero-order valence-electron chi connectivity index (χ0n) is 10.4. The van der Waals surface area contributed by atoms with Crippen molar-refractivity contribution in [3.63, 3.8) is 0 Å². The van der Waals surface area contributed by atoms with Gasteiger partial charge in [-0.2, -0.15) is 9.61 Å². The Kier molecular flexibility index (Phi) is 4.23. The zero-order valence-corrected chi connectivity index (χ0v) is 11.3. The minimum Gasteiger partial charge on any atom is -0.481 e. The predicted octanol–water partition coefficient (Wildman–Crippen LogP) is 0.448. The minimum atomic E-state index is -0.829. The van der Waals surface area contributed by atoms with E-state index in [1.54, 1.807) is 5.51 Å². The van der Waals surface area contributed by atoms with Gasteiger partial charge < -0.3 is 5.11 Å². The number of hydrogen-bond acceptors (Lipinski definition) is 6. The van der Waals surface area contributed by atoms with Gasteiger partial charge in [0.05, 0.1) is 12.1 Å². The number of aromatic nitrogens is 3. The molecule has 0 saturated heterocycles. The lowest BCUT2D eigenvalue weighted by atomic mass is 10.3. The van der Waals surface area contributed by atoms with E-state index in [0.29, 0.717) is 30.3 Å². The second-order valence-electron chi connectivity index (χ2n) is 4.03. The summed E-state index contributed by atoms with van der Waals surface area (Å²) in [5.74, 6) is -0.829. The van der Waals surface area contributed by atoms with Gasteiger partial charge in [0.2, 0.25) is 4.96 Å². The van der Waals surface area contributed by atoms with E-state index in [1.807, 2.05) is 11.8 Å². The normalized spacial score (nSPS) is 11.3. The summed E-state index contributed by atoms with van der Waals surface area (Å²) < 4.78 is 1.25. The van der Waals surface area contributed by atoms with E-state index in [-0.39, 0.29) is 12.0 Å². The molecule has 0 radical (unpaired) electrons. The van der Waals surface area contributed by atoms with Crippen molar-refractivity contribution < 1.29 is 9.90 Å². The van der Waals surface area contributed by atoms with E-state index >= 15 is 0 Å². The number of carbonyl (C=O) groups is 1. The monoisotopic (exact) mass is 282 g/mol. The third-order valence-electron chi connectivity index (χ3n) is 2.71. The van der Waals surface area contributed by atoms with Crippen LogP contribution in [0.2, 0.25) is 0 Å². The fourth-order valence-corrected chi connectivity index (χ4v) is 2.36. The topological polar surface area (TPSA) is 87.8 Å². The molecule has 2 rings (SSSR count). The molecule has 1 N–H and O–H groups in total. The highest BCUT2D eigenvalue weighted by Crippen LogP contribution is 2.06. The Bertz CT molecular complexity index is 636. The van der Waals surface area contributed by atoms with E-state index in [9.17, 15) is 9.59 Å². The lowest BCUT2D eigenvalue weighted by Gasteiger charge is -2.18. The number of rotatable bonds is 6. The van der Waals surface area contributed by atoms with Crippen LogP contribution in [0.5, 0.6) is 0 Å². The van der Waals surface area contributed by atoms with Gasteiger partial charge in [0.1, 0.15) is 5.51 Å². The van der Waals surface area contributed by atoms with E-state index in [2.05, 4.69) is 10.1 Å². The largest absolute Gasteiger partial charge is 0.481 e. The molecule has 0 amide bonds. The second-order valence-corrected chi connectivity index (χ2v) is 4.84. The Morgan fingerprint density at radius 1 is 1.58 bits per heavy atom. The maximum absolute atomic E-state index is 11.8. The molecule has 0 atom stereocenters. The molecule has 0 spiro atoms. The quantitative estimate of drug-likeness (QED) is 0.827. The SMILES string of the molecule is CCN(CCC(=O)O)Cc1cc(=O)n2ncsc2n1. The first-order chi connectivity index (χ1) is 9.10. The minimum absolute atomic E-state index is 0.0790. The number of hydrogen-bond donors (Lipinski definition) is 1. The van der Waals surface area contributed by atoms with Crippen LogP contribution in [0.4, 0.5) is 0 Å². The lowest BCUT2D eigenvalue weighted by molar-refractivity contribution is -0.137. The molecular weight excluding hydrogens is 268 g/mol. The average molecular weight is 282 g/mol. The van der Waals surface area contributed by atoms with Crippen molar-refractivity contribution in [3.05, 3.63) is 27.6 Å². The molecule has 0 bridgehead atoms. The first-order valence-electron chi connectivity index (χ1n) is 5.86. The number of carboxylic acids is 1. The third-order valence-corrected chi connectivity index (χ3v) is 3.39. The Hall–Kier alpha value is -1.80. The summed E-state index contributed by atoms with van der Waals surface area (Å²) >= 11 is 1.30. The van der Waals surface area contributed by atoms with Crippen LogP contribution in [0.15, 0.2) is 16.4 Å². The van der Waals surface area contributed by atoms with Crippen LogP contribution in [0.1, 0.15) is 19.0 Å². The first kappa shape index (κ1) is 13.6. The summed E-state index contributed by atoms with van der Waals surface area (Å²) in [6.45, 7) is 3.56. The molecule has 8 heteroatoms. The smallest absolute Gasteiger partial charge is 0.304 e. The number of carboxylic acid groups (broad SMARTS) is 1. The molecule has 0 aliphatic rings. The van der Waals surface area contributed by atoms with E-state index in [0.717, 1.165) is 0 Å². The molecule has 0 aliphatic heterocycles. The summed E-state index contributed by atoms with van der Waals surface area (Å²) in [6.07, 6.45) is 0.0790. The van der Waals surface area contributed by atoms with Crippen LogP contribution < -0.4 is 5.56 Å². The van der Waals surface area contributed by atoms with Gasteiger partial charge in [0.15, 0.2) is 0 Å². The summed E-state index contributed by atoms with van der Waals surface area (Å²) in [5, 5.41) is 12.6. The van der Waals surface area contributed by atoms with Crippen LogP contribution in [0.3, 0.4) is 0 Å². The highest BCUT2D eigenvalue weighted by molar-refractivity contribution is 7.14. The van der Waals surface area contributed by atoms with Crippen molar-refractivity contribution >= 4 is 22.3 Å². The highest BCUT2D eigenvalue weighted by atomic mass is 32.1. The number of fused-ring (bicyclic) bond motifs is 1. The summed E-state index contributed by atoms with van der Waals surface area (Å²) in [6, 6.07) is 1.44. The molecule has 0 saturated carbocycles. The molecule has 0 unspecified atom stereocenters. The second kappa shape index (κ2) is 5.89. The van der Waals surface area contributed by atoms with Crippen LogP contribution >= 0.6 is 11.3 Å². The van der Waals surface area contributed by atoms with Crippen LogP contribution in [-0.2, 0) is 11.3 Å². The molecule has 2 aromatic rings. The van der Waals surface area contributed by atoms with Crippen molar-refractivity contribution in [1.82, 2.24) is 19.5 Å². The first-order valence-corrected chi connectivity index (χ1v) is 6.74. The number of nitrogens with zero attached hydrogens (tertiary/aromatic N) is 4. The molecular formula is C11H14N4O3S. The van der Waals surface area contributed by atoms with E-state index in [1.165, 1.54) is 21.9 Å². The van der Waals surface area contributed by atoms with Gasteiger partial charge >= 0.3 is 5.97 Å². The Morgan fingerprint density at radius 2 is 2.37 bits per heavy atom.